The summed E-state index contributed by atoms with van der Waals surface area (Å²) in [6.45, 7) is 11.4. The summed E-state index contributed by atoms with van der Waals surface area (Å²) in [7, 11) is 0. The van der Waals surface area contributed by atoms with E-state index in [1.807, 2.05) is 0 Å². The third kappa shape index (κ3) is 3.29. The summed E-state index contributed by atoms with van der Waals surface area (Å²) in [4.78, 5) is 13.2. The number of carbonyl (C=O) groups excluding carboxylic acids is 1. The van der Waals surface area contributed by atoms with Crippen molar-refractivity contribution in [3.8, 4) is 0 Å². The molecule has 1 atom stereocenters. The molecule has 0 aromatic carbocycles. The van der Waals surface area contributed by atoms with Gasteiger partial charge in [-0.3, -0.25) is 9.69 Å². The van der Waals surface area contributed by atoms with Crippen LogP contribution in [-0.2, 0) is 4.79 Å². The molecular formula is C11H22N2O. The summed E-state index contributed by atoms with van der Waals surface area (Å²) in [5.74, 6) is 0.720. The molecule has 82 valence electrons. The van der Waals surface area contributed by atoms with E-state index in [1.54, 1.807) is 6.92 Å². The Morgan fingerprint density at radius 2 is 2.14 bits per heavy atom. The molecule has 1 saturated heterocycles. The van der Waals surface area contributed by atoms with Crippen molar-refractivity contribution in [3.05, 3.63) is 0 Å². The van der Waals surface area contributed by atoms with Crippen LogP contribution in [0.5, 0.6) is 0 Å². The first kappa shape index (κ1) is 11.5. The maximum absolute atomic E-state index is 10.8. The van der Waals surface area contributed by atoms with Gasteiger partial charge in [0.05, 0.1) is 0 Å². The normalized spacial score (nSPS) is 23.9. The zero-order valence-corrected chi connectivity index (χ0v) is 9.76. The lowest BCUT2D eigenvalue weighted by atomic mass is 10.1. The highest BCUT2D eigenvalue weighted by Gasteiger charge is 2.29. The number of hydrogen-bond donors (Lipinski definition) is 1. The fraction of sp³-hybridized carbons (Fsp3) is 0.909. The molecule has 1 amide bonds. The molecule has 0 aromatic rings. The Morgan fingerprint density at radius 3 is 2.57 bits per heavy atom. The zero-order chi connectivity index (χ0) is 10.8. The molecule has 1 unspecified atom stereocenters. The van der Waals surface area contributed by atoms with Crippen molar-refractivity contribution in [2.24, 2.45) is 5.92 Å². The summed E-state index contributed by atoms with van der Waals surface area (Å²) >= 11 is 0. The molecule has 3 nitrogen and oxygen atoms in total. The largest absolute Gasteiger partial charge is 0.356 e. The van der Waals surface area contributed by atoms with Crippen molar-refractivity contribution in [1.82, 2.24) is 10.2 Å². The SMILES string of the molecule is CC(=O)NCC1CCN(C(C)(C)C)C1. The molecule has 1 aliphatic heterocycles. The van der Waals surface area contributed by atoms with Crippen LogP contribution in [0, 0.1) is 5.92 Å². The average molecular weight is 198 g/mol. The lowest BCUT2D eigenvalue weighted by Crippen LogP contribution is -2.40. The Morgan fingerprint density at radius 1 is 1.50 bits per heavy atom. The standard InChI is InChI=1S/C11H22N2O/c1-9(14)12-7-10-5-6-13(8-10)11(2,3)4/h10H,5-8H2,1-4H3,(H,12,14). The van der Waals surface area contributed by atoms with E-state index in [9.17, 15) is 4.79 Å². The fourth-order valence-electron chi connectivity index (χ4n) is 1.90. The van der Waals surface area contributed by atoms with Crippen LogP contribution in [0.15, 0.2) is 0 Å². The molecule has 0 aliphatic carbocycles. The zero-order valence-electron chi connectivity index (χ0n) is 9.76. The molecule has 0 spiro atoms. The minimum atomic E-state index is 0.0826. The number of rotatable bonds is 2. The predicted octanol–water partition coefficient (Wildman–Crippen LogP) is 1.24. The molecule has 1 rings (SSSR count). The molecular weight excluding hydrogens is 176 g/mol. The average Bonchev–Trinajstić information content (AvgIpc) is 2.47. The van der Waals surface area contributed by atoms with Gasteiger partial charge in [0.2, 0.25) is 5.91 Å². The van der Waals surface area contributed by atoms with E-state index in [2.05, 4.69) is 31.0 Å². The quantitative estimate of drug-likeness (QED) is 0.724. The molecule has 1 heterocycles. The van der Waals surface area contributed by atoms with Crippen molar-refractivity contribution in [3.63, 3.8) is 0 Å². The summed E-state index contributed by atoms with van der Waals surface area (Å²) in [5.41, 5.74) is 0.269. The molecule has 14 heavy (non-hydrogen) atoms. The first-order valence-electron chi connectivity index (χ1n) is 5.39. The van der Waals surface area contributed by atoms with Crippen molar-refractivity contribution in [2.45, 2.75) is 39.7 Å². The smallest absolute Gasteiger partial charge is 0.216 e. The van der Waals surface area contributed by atoms with E-state index in [4.69, 9.17) is 0 Å². The molecule has 0 bridgehead atoms. The maximum Gasteiger partial charge on any atom is 0.216 e. The van der Waals surface area contributed by atoms with Gasteiger partial charge in [-0.05, 0) is 39.7 Å². The minimum Gasteiger partial charge on any atom is -0.356 e. The van der Waals surface area contributed by atoms with E-state index in [0.29, 0.717) is 5.92 Å². The molecule has 3 heteroatoms. The van der Waals surface area contributed by atoms with Crippen LogP contribution in [0.2, 0.25) is 0 Å². The molecule has 1 aliphatic rings. The number of carbonyl (C=O) groups is 1. The van der Waals surface area contributed by atoms with Gasteiger partial charge in [0.1, 0.15) is 0 Å². The van der Waals surface area contributed by atoms with E-state index >= 15 is 0 Å². The number of nitrogens with one attached hydrogen (secondary N) is 1. The van der Waals surface area contributed by atoms with Crippen molar-refractivity contribution < 1.29 is 4.79 Å². The number of likely N-dealkylation sites (tertiary alicyclic amines) is 1. The molecule has 0 radical (unpaired) electrons. The summed E-state index contributed by atoms with van der Waals surface area (Å²) < 4.78 is 0. The van der Waals surface area contributed by atoms with Crippen LogP contribution >= 0.6 is 0 Å². The second-order valence-electron chi connectivity index (χ2n) is 5.21. The van der Waals surface area contributed by atoms with Gasteiger partial charge in [-0.1, -0.05) is 0 Å². The van der Waals surface area contributed by atoms with Crippen molar-refractivity contribution >= 4 is 5.91 Å². The first-order valence-corrected chi connectivity index (χ1v) is 5.39. The highest BCUT2D eigenvalue weighted by molar-refractivity contribution is 5.72. The molecule has 1 fully saturated rings. The topological polar surface area (TPSA) is 32.3 Å². The van der Waals surface area contributed by atoms with Gasteiger partial charge >= 0.3 is 0 Å². The Bertz CT molecular complexity index is 208. The summed E-state index contributed by atoms with van der Waals surface area (Å²) in [5, 5.41) is 2.89. The monoisotopic (exact) mass is 198 g/mol. The third-order valence-corrected chi connectivity index (χ3v) is 2.87. The van der Waals surface area contributed by atoms with Gasteiger partial charge in [-0.15, -0.1) is 0 Å². The molecule has 0 aromatic heterocycles. The Kier molecular flexibility index (Phi) is 3.53. The van der Waals surface area contributed by atoms with E-state index in [0.717, 1.165) is 19.6 Å². The molecule has 0 saturated carbocycles. The summed E-state index contributed by atoms with van der Waals surface area (Å²) in [6.07, 6.45) is 1.21. The van der Waals surface area contributed by atoms with Crippen LogP contribution in [0.4, 0.5) is 0 Å². The van der Waals surface area contributed by atoms with Gasteiger partial charge in [-0.2, -0.15) is 0 Å². The maximum atomic E-state index is 10.8. The highest BCUT2D eigenvalue weighted by Crippen LogP contribution is 2.23. The van der Waals surface area contributed by atoms with E-state index < -0.39 is 0 Å². The molecule has 1 N–H and O–H groups in total. The fourth-order valence-corrected chi connectivity index (χ4v) is 1.90. The van der Waals surface area contributed by atoms with Crippen LogP contribution in [-0.4, -0.2) is 36.0 Å². The van der Waals surface area contributed by atoms with Gasteiger partial charge in [0.15, 0.2) is 0 Å². The second-order valence-corrected chi connectivity index (χ2v) is 5.21. The number of nitrogens with zero attached hydrogens (tertiary/aromatic N) is 1. The minimum absolute atomic E-state index is 0.0826. The van der Waals surface area contributed by atoms with Gasteiger partial charge < -0.3 is 5.32 Å². The van der Waals surface area contributed by atoms with Crippen molar-refractivity contribution in [1.29, 1.82) is 0 Å². The van der Waals surface area contributed by atoms with Crippen LogP contribution in [0.3, 0.4) is 0 Å². The van der Waals surface area contributed by atoms with Gasteiger partial charge in [0, 0.05) is 25.6 Å². The number of amides is 1. The van der Waals surface area contributed by atoms with Crippen LogP contribution < -0.4 is 5.32 Å². The summed E-state index contributed by atoms with van der Waals surface area (Å²) in [6, 6.07) is 0. The second kappa shape index (κ2) is 4.30. The van der Waals surface area contributed by atoms with Gasteiger partial charge in [-0.25, -0.2) is 0 Å². The Hall–Kier alpha value is -0.570. The van der Waals surface area contributed by atoms with Gasteiger partial charge in [0.25, 0.3) is 0 Å². The first-order chi connectivity index (χ1) is 6.39. The van der Waals surface area contributed by atoms with Crippen molar-refractivity contribution in [2.75, 3.05) is 19.6 Å². The Labute approximate surface area is 86.9 Å². The van der Waals surface area contributed by atoms with E-state index in [-0.39, 0.29) is 11.4 Å². The van der Waals surface area contributed by atoms with E-state index in [1.165, 1.54) is 6.42 Å². The van der Waals surface area contributed by atoms with Crippen LogP contribution in [0.25, 0.3) is 0 Å². The third-order valence-electron chi connectivity index (χ3n) is 2.87. The predicted molar refractivity (Wildman–Crippen MR) is 58.1 cm³/mol. The highest BCUT2D eigenvalue weighted by atomic mass is 16.1. The Balaban J connectivity index is 2.31. The lowest BCUT2D eigenvalue weighted by Gasteiger charge is -2.31. The number of hydrogen-bond acceptors (Lipinski definition) is 2. The lowest BCUT2D eigenvalue weighted by molar-refractivity contribution is -0.119. The van der Waals surface area contributed by atoms with Crippen LogP contribution in [0.1, 0.15) is 34.1 Å².